The second-order valence-corrected chi connectivity index (χ2v) is 14.6. The quantitative estimate of drug-likeness (QED) is 0.201. The highest BCUT2D eigenvalue weighted by Gasteiger charge is 2.37. The van der Waals surface area contributed by atoms with Crippen molar-refractivity contribution in [2.45, 2.75) is 51.4 Å². The lowest BCUT2D eigenvalue weighted by atomic mass is 9.63. The smallest absolute Gasteiger partial charge is 0.165 e. The first-order valence-electron chi connectivity index (χ1n) is 15.7. The van der Waals surface area contributed by atoms with Crippen molar-refractivity contribution in [1.82, 2.24) is 15.0 Å². The van der Waals surface area contributed by atoms with Crippen LogP contribution < -0.4 is 0 Å². The van der Waals surface area contributed by atoms with Gasteiger partial charge < -0.3 is 0 Å². The Morgan fingerprint density at radius 2 is 1.09 bits per heavy atom. The zero-order valence-corrected chi connectivity index (χ0v) is 27.0. The molecule has 3 nitrogen and oxygen atoms in total. The fourth-order valence-corrected chi connectivity index (χ4v) is 8.05. The summed E-state index contributed by atoms with van der Waals surface area (Å²) in [6.45, 7) is 9.47. The summed E-state index contributed by atoms with van der Waals surface area (Å²) in [5.41, 5.74) is 8.45. The van der Waals surface area contributed by atoms with Gasteiger partial charge in [0.15, 0.2) is 17.5 Å². The van der Waals surface area contributed by atoms with Crippen LogP contribution in [-0.2, 0) is 10.8 Å². The van der Waals surface area contributed by atoms with Gasteiger partial charge in [0.2, 0.25) is 0 Å². The summed E-state index contributed by atoms with van der Waals surface area (Å²) in [6.07, 6.45) is 2.34. The van der Waals surface area contributed by atoms with Gasteiger partial charge in [-0.25, -0.2) is 15.0 Å². The number of aromatic nitrogens is 3. The molecule has 1 aliphatic rings. The van der Waals surface area contributed by atoms with Gasteiger partial charge in [0.05, 0.1) is 0 Å². The molecule has 0 unspecified atom stereocenters. The summed E-state index contributed by atoms with van der Waals surface area (Å²) >= 11 is 1.81. The van der Waals surface area contributed by atoms with E-state index in [1.54, 1.807) is 0 Å². The molecule has 1 aliphatic carbocycles. The summed E-state index contributed by atoms with van der Waals surface area (Å²) in [5.74, 6) is 2.10. The van der Waals surface area contributed by atoms with Crippen molar-refractivity contribution in [1.29, 1.82) is 0 Å². The van der Waals surface area contributed by atoms with Gasteiger partial charge in [0, 0.05) is 36.9 Å². The molecule has 2 aromatic heterocycles. The van der Waals surface area contributed by atoms with Gasteiger partial charge in [-0.2, -0.15) is 0 Å². The van der Waals surface area contributed by atoms with Gasteiger partial charge in [0.1, 0.15) is 0 Å². The number of hydrogen-bond acceptors (Lipinski definition) is 4. The van der Waals surface area contributed by atoms with E-state index < -0.39 is 0 Å². The summed E-state index contributed by atoms with van der Waals surface area (Å²) < 4.78 is 2.46. The molecular weight excluding hydrogens is 567 g/mol. The number of nitrogens with zero attached hydrogens (tertiary/aromatic N) is 3. The van der Waals surface area contributed by atoms with E-state index in [1.807, 2.05) is 29.5 Å². The molecule has 0 aliphatic heterocycles. The van der Waals surface area contributed by atoms with Gasteiger partial charge >= 0.3 is 0 Å². The standard InChI is InChI=1S/C41H35N3S/c1-40(2)21-22-41(3,4)34-25-28(19-20-33(34)40)38-42-37(27-15-9-6-10-16-27)43-39(44-38)32-24-29(26-13-7-5-8-14-26)23-31-30-17-11-12-18-35(30)45-36(31)32/h5-20,23-25H,21-22H2,1-4H3. The molecule has 0 N–H and O–H groups in total. The second kappa shape index (κ2) is 10.5. The highest BCUT2D eigenvalue weighted by molar-refractivity contribution is 7.26. The molecule has 0 atom stereocenters. The monoisotopic (exact) mass is 601 g/mol. The van der Waals surface area contributed by atoms with Crippen molar-refractivity contribution in [3.8, 4) is 45.3 Å². The van der Waals surface area contributed by atoms with E-state index in [2.05, 4.69) is 125 Å². The molecule has 4 heteroatoms. The Morgan fingerprint density at radius 1 is 0.489 bits per heavy atom. The van der Waals surface area contributed by atoms with E-state index in [9.17, 15) is 0 Å². The van der Waals surface area contributed by atoms with E-state index in [1.165, 1.54) is 43.3 Å². The summed E-state index contributed by atoms with van der Waals surface area (Å²) in [6, 6.07) is 41.0. The van der Waals surface area contributed by atoms with E-state index in [0.29, 0.717) is 17.5 Å². The highest BCUT2D eigenvalue weighted by Crippen LogP contribution is 2.47. The van der Waals surface area contributed by atoms with Crippen LogP contribution in [0.25, 0.3) is 65.5 Å². The maximum Gasteiger partial charge on any atom is 0.165 e. The molecule has 0 bridgehead atoms. The number of thiophene rings is 1. The first-order chi connectivity index (χ1) is 21.8. The van der Waals surface area contributed by atoms with E-state index >= 15 is 0 Å². The van der Waals surface area contributed by atoms with Crippen LogP contribution in [0.1, 0.15) is 51.7 Å². The van der Waals surface area contributed by atoms with Gasteiger partial charge in [0.25, 0.3) is 0 Å². The predicted molar refractivity (Wildman–Crippen MR) is 190 cm³/mol. The molecule has 0 radical (unpaired) electrons. The number of hydrogen-bond donors (Lipinski definition) is 0. The molecule has 5 aromatic carbocycles. The van der Waals surface area contributed by atoms with Crippen molar-refractivity contribution >= 4 is 31.5 Å². The first-order valence-corrected chi connectivity index (χ1v) is 16.6. The second-order valence-electron chi connectivity index (χ2n) is 13.6. The molecule has 2 heterocycles. The fraction of sp³-hybridized carbons (Fsp3) is 0.195. The van der Waals surface area contributed by atoms with Crippen LogP contribution in [0.4, 0.5) is 0 Å². The Bertz CT molecular complexity index is 2210. The third-order valence-electron chi connectivity index (χ3n) is 9.60. The largest absolute Gasteiger partial charge is 0.208 e. The van der Waals surface area contributed by atoms with Crippen LogP contribution >= 0.6 is 11.3 Å². The van der Waals surface area contributed by atoms with Crippen LogP contribution in [0.15, 0.2) is 115 Å². The molecule has 45 heavy (non-hydrogen) atoms. The van der Waals surface area contributed by atoms with Gasteiger partial charge in [-0.15, -0.1) is 11.3 Å². The number of rotatable bonds is 4. The zero-order chi connectivity index (χ0) is 30.8. The minimum atomic E-state index is 0.0895. The van der Waals surface area contributed by atoms with Crippen LogP contribution in [0.2, 0.25) is 0 Å². The molecular formula is C41H35N3S. The van der Waals surface area contributed by atoms with Gasteiger partial charge in [-0.1, -0.05) is 119 Å². The minimum Gasteiger partial charge on any atom is -0.208 e. The molecule has 0 saturated carbocycles. The van der Waals surface area contributed by atoms with Crippen molar-refractivity contribution in [2.24, 2.45) is 0 Å². The van der Waals surface area contributed by atoms with E-state index in [0.717, 1.165) is 28.7 Å². The zero-order valence-electron chi connectivity index (χ0n) is 26.1. The maximum atomic E-state index is 5.27. The molecule has 0 fully saturated rings. The normalized spacial score (nSPS) is 15.3. The maximum absolute atomic E-state index is 5.27. The highest BCUT2D eigenvalue weighted by atomic mass is 32.1. The average molecular weight is 602 g/mol. The lowest BCUT2D eigenvalue weighted by molar-refractivity contribution is 0.332. The van der Waals surface area contributed by atoms with E-state index in [4.69, 9.17) is 15.0 Å². The topological polar surface area (TPSA) is 38.7 Å². The Hall–Kier alpha value is -4.67. The SMILES string of the molecule is CC1(C)CCC(C)(C)c2cc(-c3nc(-c4ccccc4)nc(-c4cc(-c5ccccc5)cc5c4sc4ccccc45)n3)ccc21. The minimum absolute atomic E-state index is 0.0895. The van der Waals surface area contributed by atoms with Gasteiger partial charge in [-0.05, 0) is 70.2 Å². The third-order valence-corrected chi connectivity index (χ3v) is 10.8. The Labute approximate surface area is 268 Å². The first kappa shape index (κ1) is 27.8. The van der Waals surface area contributed by atoms with Gasteiger partial charge in [-0.3, -0.25) is 0 Å². The van der Waals surface area contributed by atoms with Crippen LogP contribution in [0.3, 0.4) is 0 Å². The van der Waals surface area contributed by atoms with Crippen molar-refractivity contribution in [3.05, 3.63) is 126 Å². The van der Waals surface area contributed by atoms with Crippen molar-refractivity contribution in [3.63, 3.8) is 0 Å². The lowest BCUT2D eigenvalue weighted by Crippen LogP contribution is -2.33. The van der Waals surface area contributed by atoms with E-state index in [-0.39, 0.29) is 10.8 Å². The molecule has 0 amide bonds. The number of benzene rings is 5. The Morgan fingerprint density at radius 3 is 1.82 bits per heavy atom. The van der Waals surface area contributed by atoms with Crippen molar-refractivity contribution < 1.29 is 0 Å². The Balaban J connectivity index is 1.40. The van der Waals surface area contributed by atoms with Crippen LogP contribution in [0, 0.1) is 0 Å². The Kier molecular flexibility index (Phi) is 6.47. The van der Waals surface area contributed by atoms with Crippen molar-refractivity contribution in [2.75, 3.05) is 0 Å². The molecule has 0 spiro atoms. The molecule has 7 aromatic rings. The number of fused-ring (bicyclic) bond motifs is 4. The summed E-state index contributed by atoms with van der Waals surface area (Å²) in [4.78, 5) is 15.6. The predicted octanol–water partition coefficient (Wildman–Crippen LogP) is 11.3. The molecule has 0 saturated heterocycles. The van der Waals surface area contributed by atoms with Crippen LogP contribution in [-0.4, -0.2) is 15.0 Å². The molecule has 220 valence electrons. The lowest BCUT2D eigenvalue weighted by Gasteiger charge is -2.42. The average Bonchev–Trinajstić information content (AvgIpc) is 3.46. The van der Waals surface area contributed by atoms with Crippen LogP contribution in [0.5, 0.6) is 0 Å². The fourth-order valence-electron chi connectivity index (χ4n) is 6.86. The molecule has 8 rings (SSSR count). The summed E-state index contributed by atoms with van der Waals surface area (Å²) in [5, 5.41) is 2.49. The third kappa shape index (κ3) is 4.85. The summed E-state index contributed by atoms with van der Waals surface area (Å²) in [7, 11) is 0.